The molecule has 1 amide bonds. The number of hydrogen-bond donors (Lipinski definition) is 1. The van der Waals surface area contributed by atoms with Crippen LogP contribution in [0.2, 0.25) is 0 Å². The molecule has 0 aromatic heterocycles. The van der Waals surface area contributed by atoms with Crippen molar-refractivity contribution in [1.82, 2.24) is 5.32 Å². The number of hydrogen-bond acceptors (Lipinski definition) is 7. The molecule has 8 nitrogen and oxygen atoms in total. The normalized spacial score (nSPS) is 11.7. The van der Waals surface area contributed by atoms with Gasteiger partial charge in [0.25, 0.3) is 0 Å². The number of carbonyl (C=O) groups excluding carboxylic acids is 2. The van der Waals surface area contributed by atoms with Crippen LogP contribution in [-0.2, 0) is 26.8 Å². The van der Waals surface area contributed by atoms with Crippen molar-refractivity contribution in [2.45, 2.75) is 39.0 Å². The molecule has 0 aliphatic heterocycles. The molecule has 0 aliphatic carbocycles. The van der Waals surface area contributed by atoms with Crippen LogP contribution in [-0.4, -0.2) is 58.9 Å². The molecule has 9 heteroatoms. The Hall–Kier alpha value is -1.29. The van der Waals surface area contributed by atoms with Gasteiger partial charge in [-0.25, -0.2) is 9.59 Å². The summed E-state index contributed by atoms with van der Waals surface area (Å²) in [5.74, 6) is 0.206. The maximum absolute atomic E-state index is 11.6. The third-order valence-electron chi connectivity index (χ3n) is 3.46. The van der Waals surface area contributed by atoms with Crippen molar-refractivity contribution < 1.29 is 33.0 Å². The summed E-state index contributed by atoms with van der Waals surface area (Å²) in [5, 5.41) is 2.68. The molecule has 0 unspecified atom stereocenters. The molecule has 0 aliphatic rings. The fourth-order valence-corrected chi connectivity index (χ4v) is 3.36. The summed E-state index contributed by atoms with van der Waals surface area (Å²) in [6, 6.07) is 0. The molecular formula is C17H35NO7S. The smallest absolute Gasteiger partial charge is 0.407 e. The van der Waals surface area contributed by atoms with Gasteiger partial charge in [-0.05, 0) is 39.0 Å². The largest absolute Gasteiger partial charge is 0.462 e. The maximum atomic E-state index is 11.6. The Morgan fingerprint density at radius 2 is 1.46 bits per heavy atom. The summed E-state index contributed by atoms with van der Waals surface area (Å²) in [5.41, 5.74) is 0.406. The minimum absolute atomic E-state index is 0. The molecule has 0 aromatic carbocycles. The van der Waals surface area contributed by atoms with E-state index in [-0.39, 0.29) is 7.40 Å². The number of nitrogens with one attached hydrogen (secondary N) is 1. The Labute approximate surface area is 160 Å². The van der Waals surface area contributed by atoms with E-state index in [0.717, 1.165) is 25.7 Å². The van der Waals surface area contributed by atoms with Crippen molar-refractivity contribution in [3.05, 3.63) is 12.2 Å². The molecule has 0 saturated heterocycles. The van der Waals surface area contributed by atoms with E-state index in [9.17, 15) is 9.59 Å². The summed E-state index contributed by atoms with van der Waals surface area (Å²) in [7, 11) is 2.63. The van der Waals surface area contributed by atoms with Crippen LogP contribution in [0.3, 0.4) is 0 Å². The Morgan fingerprint density at radius 1 is 0.923 bits per heavy atom. The molecule has 156 valence electrons. The molecule has 0 spiro atoms. The lowest BCUT2D eigenvalue weighted by atomic mass is 10.2. The number of carbonyl (C=O) groups is 2. The third kappa shape index (κ3) is 11.3. The van der Waals surface area contributed by atoms with Gasteiger partial charge in [-0.3, -0.25) is 12.5 Å². The summed E-state index contributed by atoms with van der Waals surface area (Å²) in [6.07, 6.45) is 3.58. The van der Waals surface area contributed by atoms with Crippen LogP contribution in [0.5, 0.6) is 0 Å². The SMILES string of the molecule is C=C(C)C(=O)OCCCCCCOC(=O)NCCCS(OC)(OC)OC.[HH]. The number of rotatable bonds is 15. The lowest BCUT2D eigenvalue weighted by Crippen LogP contribution is -2.27. The Kier molecular flexibility index (Phi) is 14.1. The Morgan fingerprint density at radius 3 is 1.96 bits per heavy atom. The minimum Gasteiger partial charge on any atom is -0.462 e. The summed E-state index contributed by atoms with van der Waals surface area (Å²) < 4.78 is 25.8. The van der Waals surface area contributed by atoms with E-state index in [2.05, 4.69) is 11.9 Å². The first-order valence-corrected chi connectivity index (χ1v) is 10.2. The van der Waals surface area contributed by atoms with Crippen LogP contribution in [0.15, 0.2) is 12.2 Å². The number of ether oxygens (including phenoxy) is 2. The van der Waals surface area contributed by atoms with Gasteiger partial charge in [-0.1, -0.05) is 6.58 Å². The number of unbranched alkanes of at least 4 members (excludes halogenated alkanes) is 3. The second kappa shape index (κ2) is 14.8. The van der Waals surface area contributed by atoms with E-state index in [1.807, 2.05) is 0 Å². The van der Waals surface area contributed by atoms with Crippen molar-refractivity contribution in [3.8, 4) is 0 Å². The predicted octanol–water partition coefficient (Wildman–Crippen LogP) is 3.52. The molecule has 0 fully saturated rings. The monoisotopic (exact) mass is 397 g/mol. The summed E-state index contributed by atoms with van der Waals surface area (Å²) >= 11 is 0. The fourth-order valence-electron chi connectivity index (χ4n) is 1.96. The van der Waals surface area contributed by atoms with Gasteiger partial charge in [0.15, 0.2) is 0 Å². The van der Waals surface area contributed by atoms with Gasteiger partial charge in [0.2, 0.25) is 0 Å². The van der Waals surface area contributed by atoms with Crippen molar-refractivity contribution in [3.63, 3.8) is 0 Å². The first-order chi connectivity index (χ1) is 12.4. The van der Waals surface area contributed by atoms with Gasteiger partial charge < -0.3 is 14.8 Å². The summed E-state index contributed by atoms with van der Waals surface area (Å²) in [6.45, 7) is 6.34. The average molecular weight is 398 g/mol. The van der Waals surface area contributed by atoms with Gasteiger partial charge in [0, 0.05) is 19.3 Å². The number of amides is 1. The zero-order valence-electron chi connectivity index (χ0n) is 16.3. The lowest BCUT2D eigenvalue weighted by molar-refractivity contribution is -0.139. The van der Waals surface area contributed by atoms with Crippen LogP contribution in [0, 0.1) is 0 Å². The standard InChI is InChI=1S/C17H33NO7S.H2/c1-15(2)16(19)24-12-8-6-7-9-13-25-17(20)18-11-10-14-26(21-3,22-4)23-5;/h1,6-14H2,2-5H3,(H,18,20);1H. The van der Waals surface area contributed by atoms with Gasteiger partial charge in [-0.15, -0.1) is 0 Å². The second-order valence-corrected chi connectivity index (χ2v) is 8.03. The predicted molar refractivity (Wildman–Crippen MR) is 104 cm³/mol. The zero-order valence-corrected chi connectivity index (χ0v) is 17.2. The molecule has 0 atom stereocenters. The molecule has 0 aromatic rings. The molecule has 1 N–H and O–H groups in total. The van der Waals surface area contributed by atoms with Gasteiger partial charge in [0.05, 0.1) is 45.4 Å². The van der Waals surface area contributed by atoms with Gasteiger partial charge in [-0.2, -0.15) is 0 Å². The molecule has 0 radical (unpaired) electrons. The first kappa shape index (κ1) is 24.7. The van der Waals surface area contributed by atoms with Crippen molar-refractivity contribution in [2.75, 3.05) is 46.8 Å². The highest BCUT2D eigenvalue weighted by Crippen LogP contribution is 2.49. The van der Waals surface area contributed by atoms with Crippen LogP contribution in [0.1, 0.15) is 40.5 Å². The molecule has 0 rings (SSSR count). The van der Waals surface area contributed by atoms with Gasteiger partial charge in [0.1, 0.15) is 0 Å². The Balaban J connectivity index is 0. The lowest BCUT2D eigenvalue weighted by Gasteiger charge is -2.33. The third-order valence-corrected chi connectivity index (χ3v) is 5.77. The van der Waals surface area contributed by atoms with Crippen LogP contribution in [0.25, 0.3) is 0 Å². The highest BCUT2D eigenvalue weighted by Gasteiger charge is 2.22. The van der Waals surface area contributed by atoms with Crippen molar-refractivity contribution in [1.29, 1.82) is 0 Å². The van der Waals surface area contributed by atoms with E-state index >= 15 is 0 Å². The Bertz CT molecular complexity index is 425. The van der Waals surface area contributed by atoms with E-state index in [1.165, 1.54) is 21.3 Å². The van der Waals surface area contributed by atoms with Crippen LogP contribution in [0.4, 0.5) is 4.79 Å². The van der Waals surface area contributed by atoms with Gasteiger partial charge >= 0.3 is 12.1 Å². The van der Waals surface area contributed by atoms with E-state index in [4.69, 9.17) is 22.0 Å². The first-order valence-electron chi connectivity index (χ1n) is 8.61. The van der Waals surface area contributed by atoms with E-state index in [0.29, 0.717) is 37.5 Å². The fraction of sp³-hybridized carbons (Fsp3) is 0.765. The number of alkyl carbamates (subject to hydrolysis) is 1. The summed E-state index contributed by atoms with van der Waals surface area (Å²) in [4.78, 5) is 22.7. The molecule has 26 heavy (non-hydrogen) atoms. The van der Waals surface area contributed by atoms with Crippen LogP contribution < -0.4 is 5.32 Å². The van der Waals surface area contributed by atoms with Crippen molar-refractivity contribution >= 4 is 22.9 Å². The van der Waals surface area contributed by atoms with E-state index in [1.54, 1.807) is 6.92 Å². The average Bonchev–Trinajstić information content (AvgIpc) is 2.64. The quantitative estimate of drug-likeness (QED) is 0.257. The minimum atomic E-state index is -1.98. The van der Waals surface area contributed by atoms with E-state index < -0.39 is 17.0 Å². The number of esters is 1. The molecule has 0 heterocycles. The highest BCUT2D eigenvalue weighted by molar-refractivity contribution is 8.21. The zero-order chi connectivity index (χ0) is 19.8. The molecule has 0 bridgehead atoms. The molecular weight excluding hydrogens is 362 g/mol. The van der Waals surface area contributed by atoms with Crippen LogP contribution >= 0.6 is 10.9 Å². The van der Waals surface area contributed by atoms with Crippen molar-refractivity contribution in [2.24, 2.45) is 0 Å². The second-order valence-electron chi connectivity index (χ2n) is 5.51. The topological polar surface area (TPSA) is 92.3 Å². The molecule has 0 saturated carbocycles. The maximum Gasteiger partial charge on any atom is 0.407 e. The highest BCUT2D eigenvalue weighted by atomic mass is 32.3.